The molecule has 0 aromatic heterocycles. The van der Waals surface area contributed by atoms with E-state index in [2.05, 4.69) is 5.32 Å². The first-order valence-corrected chi connectivity index (χ1v) is 10.3. The van der Waals surface area contributed by atoms with Crippen LogP contribution in [-0.4, -0.2) is 30.2 Å². The van der Waals surface area contributed by atoms with Gasteiger partial charge >= 0.3 is 11.9 Å². The maximum absolute atomic E-state index is 12.2. The van der Waals surface area contributed by atoms with Crippen LogP contribution in [0.15, 0.2) is 78.9 Å². The molecule has 3 rings (SSSR count). The minimum atomic E-state index is -0.643. The highest BCUT2D eigenvalue weighted by atomic mass is 16.5. The van der Waals surface area contributed by atoms with E-state index in [1.165, 1.54) is 24.3 Å². The zero-order valence-electron chi connectivity index (χ0n) is 18.1. The number of rotatable bonds is 9. The molecule has 0 heterocycles. The first-order valence-electron chi connectivity index (χ1n) is 10.3. The number of hydrogen-bond acceptors (Lipinski definition) is 6. The third-order valence-electron chi connectivity index (χ3n) is 4.65. The Bertz CT molecular complexity index is 1120. The van der Waals surface area contributed by atoms with Gasteiger partial charge in [0.05, 0.1) is 12.0 Å². The molecule has 7 nitrogen and oxygen atoms in total. The third kappa shape index (κ3) is 7.43. The predicted molar refractivity (Wildman–Crippen MR) is 122 cm³/mol. The SMILES string of the molecule is Cc1ccc(NC(=O)CCC(=O)OCC(=O)c2ccc(OC(=O)c3ccccc3)cc2)cc1. The number of carbonyl (C=O) groups is 4. The van der Waals surface area contributed by atoms with Crippen molar-refractivity contribution in [3.8, 4) is 5.75 Å². The summed E-state index contributed by atoms with van der Waals surface area (Å²) in [4.78, 5) is 48.1. The summed E-state index contributed by atoms with van der Waals surface area (Å²) in [6.45, 7) is 1.50. The molecule has 0 atom stereocenters. The predicted octanol–water partition coefficient (Wildman–Crippen LogP) is 4.36. The van der Waals surface area contributed by atoms with Crippen LogP contribution in [0.2, 0.25) is 0 Å². The Balaban J connectivity index is 1.40. The molecule has 3 aromatic rings. The van der Waals surface area contributed by atoms with Crippen molar-refractivity contribution in [3.63, 3.8) is 0 Å². The maximum atomic E-state index is 12.2. The van der Waals surface area contributed by atoms with E-state index >= 15 is 0 Å². The Morgan fingerprint density at radius 1 is 0.758 bits per heavy atom. The molecule has 0 fully saturated rings. The number of benzene rings is 3. The lowest BCUT2D eigenvalue weighted by Gasteiger charge is -2.07. The van der Waals surface area contributed by atoms with Gasteiger partial charge in [-0.3, -0.25) is 14.4 Å². The summed E-state index contributed by atoms with van der Waals surface area (Å²) >= 11 is 0. The van der Waals surface area contributed by atoms with Crippen LogP contribution in [0.25, 0.3) is 0 Å². The molecular weight excluding hydrogens is 422 g/mol. The fourth-order valence-electron chi connectivity index (χ4n) is 2.83. The molecule has 0 aliphatic carbocycles. The van der Waals surface area contributed by atoms with E-state index in [9.17, 15) is 19.2 Å². The van der Waals surface area contributed by atoms with Crippen molar-refractivity contribution >= 4 is 29.3 Å². The van der Waals surface area contributed by atoms with Crippen molar-refractivity contribution in [3.05, 3.63) is 95.6 Å². The van der Waals surface area contributed by atoms with Gasteiger partial charge in [-0.1, -0.05) is 35.9 Å². The van der Waals surface area contributed by atoms with E-state index < -0.39 is 24.3 Å². The summed E-state index contributed by atoms with van der Waals surface area (Å²) in [6, 6.07) is 21.8. The molecule has 7 heteroatoms. The molecular formula is C26H23NO6. The topological polar surface area (TPSA) is 98.8 Å². The lowest BCUT2D eigenvalue weighted by Crippen LogP contribution is -2.17. The largest absolute Gasteiger partial charge is 0.457 e. The van der Waals surface area contributed by atoms with E-state index in [0.717, 1.165) is 5.56 Å². The summed E-state index contributed by atoms with van der Waals surface area (Å²) in [5.74, 6) is -1.58. The number of aryl methyl sites for hydroxylation is 1. The number of anilines is 1. The van der Waals surface area contributed by atoms with Gasteiger partial charge in [0, 0.05) is 17.7 Å². The van der Waals surface area contributed by atoms with Crippen molar-refractivity contribution in [1.82, 2.24) is 0 Å². The van der Waals surface area contributed by atoms with E-state index in [1.54, 1.807) is 42.5 Å². The Morgan fingerprint density at radius 3 is 2.09 bits per heavy atom. The Labute approximate surface area is 191 Å². The maximum Gasteiger partial charge on any atom is 0.343 e. The van der Waals surface area contributed by atoms with Crippen LogP contribution in [0.3, 0.4) is 0 Å². The normalized spacial score (nSPS) is 10.2. The molecule has 0 spiro atoms. The molecule has 33 heavy (non-hydrogen) atoms. The van der Waals surface area contributed by atoms with Crippen LogP contribution in [0.4, 0.5) is 5.69 Å². The Hall–Kier alpha value is -4.26. The highest BCUT2D eigenvalue weighted by Gasteiger charge is 2.13. The minimum absolute atomic E-state index is 0.0532. The summed E-state index contributed by atoms with van der Waals surface area (Å²) in [5, 5.41) is 2.69. The lowest BCUT2D eigenvalue weighted by atomic mass is 10.1. The molecule has 3 aromatic carbocycles. The molecule has 0 radical (unpaired) electrons. The molecule has 0 aliphatic heterocycles. The number of carbonyl (C=O) groups excluding carboxylic acids is 4. The average molecular weight is 445 g/mol. The number of ketones is 1. The fraction of sp³-hybridized carbons (Fsp3) is 0.154. The van der Waals surface area contributed by atoms with Crippen LogP contribution >= 0.6 is 0 Å². The van der Waals surface area contributed by atoms with Crippen molar-refractivity contribution in [2.45, 2.75) is 19.8 Å². The van der Waals surface area contributed by atoms with Crippen molar-refractivity contribution in [1.29, 1.82) is 0 Å². The van der Waals surface area contributed by atoms with Crippen LogP contribution < -0.4 is 10.1 Å². The van der Waals surface area contributed by atoms with Crippen LogP contribution in [0, 0.1) is 6.92 Å². The van der Waals surface area contributed by atoms with E-state index in [0.29, 0.717) is 16.8 Å². The van der Waals surface area contributed by atoms with Crippen molar-refractivity contribution in [2.24, 2.45) is 0 Å². The van der Waals surface area contributed by atoms with Gasteiger partial charge in [0.15, 0.2) is 12.4 Å². The van der Waals surface area contributed by atoms with E-state index in [-0.39, 0.29) is 24.5 Å². The number of esters is 2. The molecule has 168 valence electrons. The highest BCUT2D eigenvalue weighted by molar-refractivity contribution is 5.98. The van der Waals surface area contributed by atoms with Gasteiger partial charge < -0.3 is 14.8 Å². The van der Waals surface area contributed by atoms with Gasteiger partial charge in [0.2, 0.25) is 5.91 Å². The van der Waals surface area contributed by atoms with Crippen molar-refractivity contribution in [2.75, 3.05) is 11.9 Å². The minimum Gasteiger partial charge on any atom is -0.457 e. The second-order valence-electron chi connectivity index (χ2n) is 7.28. The number of amides is 1. The summed E-state index contributed by atoms with van der Waals surface area (Å²) < 4.78 is 10.2. The van der Waals surface area contributed by atoms with E-state index in [1.807, 2.05) is 19.1 Å². The van der Waals surface area contributed by atoms with Gasteiger partial charge in [-0.2, -0.15) is 0 Å². The molecule has 0 unspecified atom stereocenters. The van der Waals surface area contributed by atoms with Gasteiger partial charge in [-0.05, 0) is 55.5 Å². The standard InChI is InChI=1S/C26H23NO6/c1-18-7-11-21(12-8-18)27-24(29)15-16-25(30)32-17-23(28)19-9-13-22(14-10-19)33-26(31)20-5-3-2-4-6-20/h2-14H,15-17H2,1H3,(H,27,29). The first kappa shape index (κ1) is 23.4. The van der Waals surface area contributed by atoms with E-state index in [4.69, 9.17) is 9.47 Å². The van der Waals surface area contributed by atoms with Crippen LogP contribution in [0.5, 0.6) is 5.75 Å². The smallest absolute Gasteiger partial charge is 0.343 e. The van der Waals surface area contributed by atoms with Crippen molar-refractivity contribution < 1.29 is 28.7 Å². The lowest BCUT2D eigenvalue weighted by molar-refractivity contribution is -0.143. The Kier molecular flexibility index (Phi) is 8.07. The average Bonchev–Trinajstić information content (AvgIpc) is 2.83. The number of ether oxygens (including phenoxy) is 2. The number of hydrogen-bond donors (Lipinski definition) is 1. The number of nitrogens with one attached hydrogen (secondary N) is 1. The highest BCUT2D eigenvalue weighted by Crippen LogP contribution is 2.15. The summed E-state index contributed by atoms with van der Waals surface area (Å²) in [7, 11) is 0. The van der Waals surface area contributed by atoms with Gasteiger partial charge in [-0.15, -0.1) is 0 Å². The molecule has 1 N–H and O–H groups in total. The van der Waals surface area contributed by atoms with Gasteiger partial charge in [0.1, 0.15) is 5.75 Å². The second-order valence-corrected chi connectivity index (χ2v) is 7.28. The molecule has 0 aliphatic rings. The first-order chi connectivity index (χ1) is 15.9. The fourth-order valence-corrected chi connectivity index (χ4v) is 2.83. The second kappa shape index (κ2) is 11.4. The van der Waals surface area contributed by atoms with Crippen LogP contribution in [-0.2, 0) is 14.3 Å². The molecule has 0 bridgehead atoms. The quantitative estimate of drug-likeness (QED) is 0.299. The molecule has 0 saturated carbocycles. The molecule has 1 amide bonds. The van der Waals surface area contributed by atoms with Gasteiger partial charge in [0.25, 0.3) is 0 Å². The third-order valence-corrected chi connectivity index (χ3v) is 4.65. The summed E-state index contributed by atoms with van der Waals surface area (Å²) in [6.07, 6.45) is -0.193. The zero-order valence-corrected chi connectivity index (χ0v) is 18.1. The van der Waals surface area contributed by atoms with Crippen LogP contribution in [0.1, 0.15) is 39.1 Å². The summed E-state index contributed by atoms with van der Waals surface area (Å²) in [5.41, 5.74) is 2.44. The monoisotopic (exact) mass is 445 g/mol. The Morgan fingerprint density at radius 2 is 1.42 bits per heavy atom. The zero-order chi connectivity index (χ0) is 23.6. The number of Topliss-reactive ketones (excluding diaryl/α,β-unsaturated/α-hetero) is 1. The molecule has 0 saturated heterocycles. The van der Waals surface area contributed by atoms with Gasteiger partial charge in [-0.25, -0.2) is 4.79 Å².